The molecule has 2 fully saturated rings. The second-order valence-electron chi connectivity index (χ2n) is 9.56. The lowest BCUT2D eigenvalue weighted by atomic mass is 9.92. The van der Waals surface area contributed by atoms with Crippen molar-refractivity contribution in [1.29, 1.82) is 0 Å². The molecule has 2 aliphatic carbocycles. The largest absolute Gasteiger partial charge is 0.307 e. The fourth-order valence-corrected chi connectivity index (χ4v) is 6.50. The van der Waals surface area contributed by atoms with Crippen molar-refractivity contribution in [2.45, 2.75) is 42.4 Å². The molecule has 0 saturated heterocycles. The highest BCUT2D eigenvalue weighted by atomic mass is 32.2. The van der Waals surface area contributed by atoms with Gasteiger partial charge in [-0.3, -0.25) is 9.59 Å². The minimum atomic E-state index is -3.61. The second-order valence-corrected chi connectivity index (χ2v) is 11.5. The van der Waals surface area contributed by atoms with E-state index in [0.717, 1.165) is 22.4 Å². The number of nitrogens with zero attached hydrogens (tertiary/aromatic N) is 1. The Hall–Kier alpha value is -3.52. The van der Waals surface area contributed by atoms with Gasteiger partial charge in [0.15, 0.2) is 0 Å². The summed E-state index contributed by atoms with van der Waals surface area (Å²) in [5.41, 5.74) is 3.24. The van der Waals surface area contributed by atoms with Crippen molar-refractivity contribution >= 4 is 27.5 Å². The average Bonchev–Trinajstić information content (AvgIpc) is 3.76. The molecule has 2 saturated carbocycles. The molecule has 2 atom stereocenters. The highest BCUT2D eigenvalue weighted by Crippen LogP contribution is 2.66. The summed E-state index contributed by atoms with van der Waals surface area (Å²) in [4.78, 5) is 27.9. The number of sulfonamides is 1. The molecule has 178 valence electrons. The minimum absolute atomic E-state index is 0.00115. The summed E-state index contributed by atoms with van der Waals surface area (Å²) in [6, 6.07) is 20.8. The molecule has 3 aromatic carbocycles. The molecule has 3 aromatic rings. The smallest absolute Gasteiger partial charge is 0.264 e. The van der Waals surface area contributed by atoms with E-state index in [0.29, 0.717) is 25.8 Å². The van der Waals surface area contributed by atoms with Gasteiger partial charge in [-0.15, -0.1) is 0 Å². The third kappa shape index (κ3) is 3.63. The number of carbonyl (C=O) groups is 2. The van der Waals surface area contributed by atoms with E-state index in [1.165, 1.54) is 12.1 Å². The quantitative estimate of drug-likeness (QED) is 0.566. The summed E-state index contributed by atoms with van der Waals surface area (Å²) in [5.74, 6) is -0.929. The lowest BCUT2D eigenvalue weighted by Gasteiger charge is -2.19. The molecular weight excluding hydrogens is 467 g/mol. The Bertz CT molecular complexity index is 1450. The van der Waals surface area contributed by atoms with Crippen LogP contribution in [0.5, 0.6) is 0 Å². The van der Waals surface area contributed by atoms with Gasteiger partial charge in [0.1, 0.15) is 5.82 Å². The molecule has 2 amide bonds. The number of fused-ring (bicyclic) bond motifs is 2. The lowest BCUT2D eigenvalue weighted by Crippen LogP contribution is -2.33. The van der Waals surface area contributed by atoms with Crippen LogP contribution < -0.4 is 9.62 Å². The first-order chi connectivity index (χ1) is 16.8. The van der Waals surface area contributed by atoms with E-state index >= 15 is 0 Å². The van der Waals surface area contributed by atoms with Crippen molar-refractivity contribution < 1.29 is 22.4 Å². The number of amides is 2. The van der Waals surface area contributed by atoms with Crippen molar-refractivity contribution in [1.82, 2.24) is 4.72 Å². The zero-order chi connectivity index (χ0) is 24.4. The zero-order valence-electron chi connectivity index (χ0n) is 18.8. The molecule has 8 heteroatoms. The maximum atomic E-state index is 13.7. The van der Waals surface area contributed by atoms with Crippen molar-refractivity contribution in [3.63, 3.8) is 0 Å². The molecule has 6 nitrogen and oxygen atoms in total. The fraction of sp³-hybridized carbons (Fsp3) is 0.259. The predicted octanol–water partition coefficient (Wildman–Crippen LogP) is 4.02. The maximum Gasteiger partial charge on any atom is 0.264 e. The van der Waals surface area contributed by atoms with Gasteiger partial charge in [0.05, 0.1) is 17.2 Å². The highest BCUT2D eigenvalue weighted by Gasteiger charge is 2.67. The standard InChI is InChI=1S/C27H23FN2O4S/c28-20-11-9-18(10-12-20)23-15-27(23)22-3-1-2-4-24(22)30(26(27)32)16-17-5-7-19(8-6-17)25(31)29-35(33,34)21-13-14-21/h1-12,21,23H,13-16H2,(H,29,31)/t23-,27-/m0/s1. The van der Waals surface area contributed by atoms with Crippen LogP contribution in [0, 0.1) is 5.82 Å². The van der Waals surface area contributed by atoms with Crippen LogP contribution in [-0.4, -0.2) is 25.5 Å². The van der Waals surface area contributed by atoms with E-state index in [9.17, 15) is 22.4 Å². The highest BCUT2D eigenvalue weighted by molar-refractivity contribution is 7.91. The third-order valence-electron chi connectivity index (χ3n) is 7.29. The van der Waals surface area contributed by atoms with Gasteiger partial charge in [0, 0.05) is 17.2 Å². The van der Waals surface area contributed by atoms with Gasteiger partial charge in [0.2, 0.25) is 15.9 Å². The number of anilines is 1. The summed E-state index contributed by atoms with van der Waals surface area (Å²) in [6.45, 7) is 0.329. The molecule has 1 heterocycles. The molecule has 6 rings (SSSR count). The number of benzene rings is 3. The number of hydrogen-bond acceptors (Lipinski definition) is 4. The first kappa shape index (κ1) is 22.0. The van der Waals surface area contributed by atoms with Gasteiger partial charge in [-0.1, -0.05) is 42.5 Å². The zero-order valence-corrected chi connectivity index (χ0v) is 19.6. The first-order valence-corrected chi connectivity index (χ1v) is 13.2. The maximum absolute atomic E-state index is 13.7. The third-order valence-corrected chi connectivity index (χ3v) is 9.11. The SMILES string of the molecule is O=C(NS(=O)(=O)C1CC1)c1ccc(CN2C(=O)[C@@]3(C[C@H]3c3ccc(F)cc3)c3ccccc32)cc1. The van der Waals surface area contributed by atoms with E-state index in [-0.39, 0.29) is 23.2 Å². The van der Waals surface area contributed by atoms with E-state index in [1.807, 2.05) is 24.3 Å². The van der Waals surface area contributed by atoms with Gasteiger partial charge < -0.3 is 4.90 Å². The Labute approximate surface area is 202 Å². The van der Waals surface area contributed by atoms with Crippen LogP contribution in [-0.2, 0) is 26.8 Å². The van der Waals surface area contributed by atoms with Crippen molar-refractivity contribution in [3.8, 4) is 0 Å². The van der Waals surface area contributed by atoms with Crippen molar-refractivity contribution in [3.05, 3.63) is 101 Å². The van der Waals surface area contributed by atoms with Gasteiger partial charge in [-0.2, -0.15) is 0 Å². The molecule has 1 spiro atoms. The number of halogens is 1. The van der Waals surface area contributed by atoms with Crippen LogP contribution in [0.1, 0.15) is 52.2 Å². The van der Waals surface area contributed by atoms with Crippen LogP contribution in [0.4, 0.5) is 10.1 Å². The van der Waals surface area contributed by atoms with E-state index in [4.69, 9.17) is 0 Å². The number of para-hydroxylation sites is 1. The molecule has 0 bridgehead atoms. The molecule has 0 aromatic heterocycles. The molecule has 1 N–H and O–H groups in total. The normalized spacial score (nSPS) is 22.8. The molecular formula is C27H23FN2O4S. The van der Waals surface area contributed by atoms with Crippen molar-refractivity contribution in [2.75, 3.05) is 4.90 Å². The topological polar surface area (TPSA) is 83.6 Å². The average molecular weight is 491 g/mol. The van der Waals surface area contributed by atoms with Gasteiger partial charge in [0.25, 0.3) is 5.91 Å². The Morgan fingerprint density at radius 1 is 1.00 bits per heavy atom. The monoisotopic (exact) mass is 490 g/mol. The number of nitrogens with one attached hydrogen (secondary N) is 1. The first-order valence-electron chi connectivity index (χ1n) is 11.6. The lowest BCUT2D eigenvalue weighted by molar-refractivity contribution is -0.120. The molecule has 3 aliphatic rings. The molecule has 1 aliphatic heterocycles. The Kier molecular flexibility index (Phi) is 4.86. The second kappa shape index (κ2) is 7.75. The summed E-state index contributed by atoms with van der Waals surface area (Å²) < 4.78 is 39.7. The van der Waals surface area contributed by atoms with Crippen LogP contribution in [0.25, 0.3) is 0 Å². The van der Waals surface area contributed by atoms with Crippen molar-refractivity contribution in [2.24, 2.45) is 0 Å². The van der Waals surface area contributed by atoms with E-state index < -0.39 is 26.6 Å². The summed E-state index contributed by atoms with van der Waals surface area (Å²) >= 11 is 0. The fourth-order valence-electron chi connectivity index (χ4n) is 5.20. The Morgan fingerprint density at radius 3 is 2.37 bits per heavy atom. The number of hydrogen-bond donors (Lipinski definition) is 1. The van der Waals surface area contributed by atoms with Gasteiger partial charge in [-0.25, -0.2) is 17.5 Å². The van der Waals surface area contributed by atoms with Crippen LogP contribution in [0.3, 0.4) is 0 Å². The summed E-state index contributed by atoms with van der Waals surface area (Å²) in [6.07, 6.45) is 1.84. The molecule has 0 radical (unpaired) electrons. The Balaban J connectivity index is 1.23. The summed E-state index contributed by atoms with van der Waals surface area (Å²) in [5, 5.41) is -0.472. The Morgan fingerprint density at radius 2 is 1.69 bits per heavy atom. The van der Waals surface area contributed by atoms with Gasteiger partial charge >= 0.3 is 0 Å². The molecule has 0 unspecified atom stereocenters. The van der Waals surface area contributed by atoms with E-state index in [1.54, 1.807) is 41.3 Å². The predicted molar refractivity (Wildman–Crippen MR) is 129 cm³/mol. The van der Waals surface area contributed by atoms with Crippen LogP contribution in [0.2, 0.25) is 0 Å². The summed E-state index contributed by atoms with van der Waals surface area (Å²) in [7, 11) is -3.61. The van der Waals surface area contributed by atoms with Crippen LogP contribution >= 0.6 is 0 Å². The van der Waals surface area contributed by atoms with Crippen LogP contribution in [0.15, 0.2) is 72.8 Å². The minimum Gasteiger partial charge on any atom is -0.307 e. The molecule has 35 heavy (non-hydrogen) atoms. The van der Waals surface area contributed by atoms with Gasteiger partial charge in [-0.05, 0) is 66.3 Å². The van der Waals surface area contributed by atoms with E-state index in [2.05, 4.69) is 4.72 Å². The number of rotatable bonds is 6. The number of carbonyl (C=O) groups excluding carboxylic acids is 2.